The first kappa shape index (κ1) is 15.4. The quantitative estimate of drug-likeness (QED) is 0.793. The molecular weight excluding hydrogens is 286 g/mol. The Morgan fingerprint density at radius 1 is 1.18 bits per heavy atom. The number of para-hydroxylation sites is 1. The zero-order valence-corrected chi connectivity index (χ0v) is 11.9. The van der Waals surface area contributed by atoms with Crippen LogP contribution in [0.25, 0.3) is 0 Å². The topological polar surface area (TPSA) is 104 Å². The molecule has 0 unspecified atom stereocenters. The molecule has 0 bridgehead atoms. The van der Waals surface area contributed by atoms with Crippen LogP contribution in [0.15, 0.2) is 36.7 Å². The van der Waals surface area contributed by atoms with Gasteiger partial charge in [0.15, 0.2) is 5.69 Å². The van der Waals surface area contributed by atoms with Crippen molar-refractivity contribution >= 4 is 11.9 Å². The number of hydrogen-bond donors (Lipinski definition) is 1. The number of aromatic carboxylic acids is 1. The van der Waals surface area contributed by atoms with Crippen LogP contribution in [-0.2, 0) is 6.42 Å². The Morgan fingerprint density at radius 2 is 1.86 bits per heavy atom. The number of nitrogens with zero attached hydrogens (tertiary/aromatic N) is 2. The van der Waals surface area contributed by atoms with Gasteiger partial charge in [0, 0.05) is 18.9 Å². The molecule has 7 heteroatoms. The van der Waals surface area contributed by atoms with E-state index in [2.05, 4.69) is 15.3 Å². The first-order valence-electron chi connectivity index (χ1n) is 6.56. The number of carbonyl (C=O) groups excluding carboxylic acids is 2. The molecule has 1 amide bonds. The Morgan fingerprint density at radius 3 is 2.55 bits per heavy atom. The third-order valence-corrected chi connectivity index (χ3v) is 2.98. The Balaban J connectivity index is 2.00. The summed E-state index contributed by atoms with van der Waals surface area (Å²) in [6.07, 6.45) is 2.98. The van der Waals surface area contributed by atoms with Gasteiger partial charge in [-0.05, 0) is 18.1 Å². The molecule has 0 saturated heterocycles. The minimum Gasteiger partial charge on any atom is -0.543 e. The summed E-state index contributed by atoms with van der Waals surface area (Å²) in [5.74, 6) is -1.42. The number of carbonyl (C=O) groups is 2. The van der Waals surface area contributed by atoms with Gasteiger partial charge in [0.2, 0.25) is 0 Å². The molecular formula is C15H14N3O4-. The average molecular weight is 300 g/mol. The Bertz CT molecular complexity index is 688. The van der Waals surface area contributed by atoms with Crippen LogP contribution >= 0.6 is 0 Å². The van der Waals surface area contributed by atoms with Crippen LogP contribution in [-0.4, -0.2) is 35.5 Å². The summed E-state index contributed by atoms with van der Waals surface area (Å²) in [5.41, 5.74) is 0.199. The zero-order chi connectivity index (χ0) is 15.9. The lowest BCUT2D eigenvalue weighted by Gasteiger charge is -2.10. The predicted octanol–water partition coefficient (Wildman–Crippen LogP) is -0.179. The van der Waals surface area contributed by atoms with Gasteiger partial charge >= 0.3 is 0 Å². The van der Waals surface area contributed by atoms with Crippen LogP contribution in [0.5, 0.6) is 5.75 Å². The molecule has 0 aliphatic carbocycles. The molecule has 0 aliphatic rings. The summed E-state index contributed by atoms with van der Waals surface area (Å²) >= 11 is 0. The molecule has 1 aromatic carbocycles. The highest BCUT2D eigenvalue weighted by atomic mass is 16.5. The standard InChI is InChI=1S/C15H15N3O4/c1-22-11-5-3-2-4-10(11)6-7-18-14(19)12-13(15(20)21)17-9-8-16-12/h2-5,8-9H,6-7H2,1H3,(H,18,19)(H,20,21)/p-1. The SMILES string of the molecule is COc1ccccc1CCNC(=O)c1nccnc1C(=O)[O-]. The van der Waals surface area contributed by atoms with E-state index in [0.29, 0.717) is 13.0 Å². The number of amides is 1. The third-order valence-electron chi connectivity index (χ3n) is 2.98. The van der Waals surface area contributed by atoms with Crippen LogP contribution in [0.1, 0.15) is 26.5 Å². The largest absolute Gasteiger partial charge is 0.543 e. The van der Waals surface area contributed by atoms with E-state index in [1.807, 2.05) is 24.3 Å². The van der Waals surface area contributed by atoms with E-state index in [9.17, 15) is 14.7 Å². The smallest absolute Gasteiger partial charge is 0.272 e. The number of aromatic nitrogens is 2. The second-order valence-corrected chi connectivity index (χ2v) is 4.36. The number of rotatable bonds is 6. The van der Waals surface area contributed by atoms with Crippen molar-refractivity contribution in [2.24, 2.45) is 0 Å². The van der Waals surface area contributed by atoms with Crippen molar-refractivity contribution in [1.82, 2.24) is 15.3 Å². The van der Waals surface area contributed by atoms with Crippen molar-refractivity contribution < 1.29 is 19.4 Å². The monoisotopic (exact) mass is 300 g/mol. The lowest BCUT2D eigenvalue weighted by molar-refractivity contribution is -0.255. The van der Waals surface area contributed by atoms with Crippen molar-refractivity contribution in [1.29, 1.82) is 0 Å². The lowest BCUT2D eigenvalue weighted by atomic mass is 10.1. The maximum absolute atomic E-state index is 12.0. The van der Waals surface area contributed by atoms with Gasteiger partial charge in [-0.2, -0.15) is 0 Å². The van der Waals surface area contributed by atoms with E-state index in [0.717, 1.165) is 11.3 Å². The summed E-state index contributed by atoms with van der Waals surface area (Å²) in [6, 6.07) is 7.44. The normalized spacial score (nSPS) is 10.0. The van der Waals surface area contributed by atoms with Gasteiger partial charge in [-0.1, -0.05) is 18.2 Å². The van der Waals surface area contributed by atoms with Crippen molar-refractivity contribution in [2.75, 3.05) is 13.7 Å². The first-order chi connectivity index (χ1) is 10.6. The number of nitrogens with one attached hydrogen (secondary N) is 1. The highest BCUT2D eigenvalue weighted by Gasteiger charge is 2.14. The molecule has 1 N–H and O–H groups in total. The molecule has 0 atom stereocenters. The summed E-state index contributed by atoms with van der Waals surface area (Å²) in [7, 11) is 1.57. The fourth-order valence-electron chi connectivity index (χ4n) is 1.96. The average Bonchev–Trinajstić information content (AvgIpc) is 2.55. The lowest BCUT2D eigenvalue weighted by Crippen LogP contribution is -2.32. The number of ether oxygens (including phenoxy) is 1. The Labute approximate surface area is 127 Å². The highest BCUT2D eigenvalue weighted by Crippen LogP contribution is 2.17. The predicted molar refractivity (Wildman–Crippen MR) is 75.4 cm³/mol. The molecule has 7 nitrogen and oxygen atoms in total. The fraction of sp³-hybridized carbons (Fsp3) is 0.200. The van der Waals surface area contributed by atoms with Crippen LogP contribution in [0.4, 0.5) is 0 Å². The molecule has 0 aliphatic heterocycles. The Hall–Kier alpha value is -2.96. The number of carboxylic acids is 1. The molecule has 22 heavy (non-hydrogen) atoms. The van der Waals surface area contributed by atoms with E-state index < -0.39 is 17.6 Å². The number of methoxy groups -OCH3 is 1. The van der Waals surface area contributed by atoms with Gasteiger partial charge in [-0.3, -0.25) is 9.78 Å². The van der Waals surface area contributed by atoms with Gasteiger partial charge < -0.3 is 20.0 Å². The number of benzene rings is 1. The minimum absolute atomic E-state index is 0.262. The van der Waals surface area contributed by atoms with Crippen LogP contribution < -0.4 is 15.2 Å². The maximum atomic E-state index is 12.0. The summed E-state index contributed by atoms with van der Waals surface area (Å²) in [5, 5.41) is 13.5. The third kappa shape index (κ3) is 3.57. The zero-order valence-electron chi connectivity index (χ0n) is 11.9. The van der Waals surface area contributed by atoms with Crippen LogP contribution in [0, 0.1) is 0 Å². The van der Waals surface area contributed by atoms with E-state index in [1.165, 1.54) is 12.4 Å². The fourth-order valence-corrected chi connectivity index (χ4v) is 1.96. The van der Waals surface area contributed by atoms with Crippen molar-refractivity contribution in [3.63, 3.8) is 0 Å². The molecule has 114 valence electrons. The summed E-state index contributed by atoms with van der Waals surface area (Å²) < 4.78 is 5.22. The molecule has 2 rings (SSSR count). The second kappa shape index (κ2) is 7.16. The van der Waals surface area contributed by atoms with Crippen molar-refractivity contribution in [3.8, 4) is 5.75 Å². The van der Waals surface area contributed by atoms with Gasteiger partial charge in [0.1, 0.15) is 11.4 Å². The summed E-state index contributed by atoms with van der Waals surface area (Å²) in [6.45, 7) is 0.308. The molecule has 2 aromatic rings. The summed E-state index contributed by atoms with van der Waals surface area (Å²) in [4.78, 5) is 30.2. The van der Waals surface area contributed by atoms with Crippen LogP contribution in [0.3, 0.4) is 0 Å². The minimum atomic E-state index is -1.54. The molecule has 0 saturated carbocycles. The second-order valence-electron chi connectivity index (χ2n) is 4.36. The van der Waals surface area contributed by atoms with Crippen LogP contribution in [0.2, 0.25) is 0 Å². The number of hydrogen-bond acceptors (Lipinski definition) is 6. The first-order valence-corrected chi connectivity index (χ1v) is 6.56. The van der Waals surface area contributed by atoms with Gasteiger partial charge in [-0.15, -0.1) is 0 Å². The highest BCUT2D eigenvalue weighted by molar-refractivity contribution is 6.01. The maximum Gasteiger partial charge on any atom is 0.272 e. The number of carboxylic acid groups (broad SMARTS) is 1. The van der Waals surface area contributed by atoms with E-state index in [1.54, 1.807) is 7.11 Å². The van der Waals surface area contributed by atoms with E-state index >= 15 is 0 Å². The van der Waals surface area contributed by atoms with E-state index in [-0.39, 0.29) is 5.69 Å². The van der Waals surface area contributed by atoms with Gasteiger partial charge in [-0.25, -0.2) is 4.98 Å². The Kier molecular flexibility index (Phi) is 5.02. The van der Waals surface area contributed by atoms with E-state index in [4.69, 9.17) is 4.74 Å². The molecule has 1 heterocycles. The van der Waals surface area contributed by atoms with Crippen molar-refractivity contribution in [3.05, 3.63) is 53.6 Å². The van der Waals surface area contributed by atoms with Gasteiger partial charge in [0.05, 0.1) is 13.1 Å². The molecule has 0 spiro atoms. The van der Waals surface area contributed by atoms with Crippen molar-refractivity contribution in [2.45, 2.75) is 6.42 Å². The van der Waals surface area contributed by atoms with Gasteiger partial charge in [0.25, 0.3) is 5.91 Å². The molecule has 0 fully saturated rings. The molecule has 0 radical (unpaired) electrons. The molecule has 1 aromatic heterocycles.